The molecule has 0 radical (unpaired) electrons. The summed E-state index contributed by atoms with van der Waals surface area (Å²) in [5.41, 5.74) is 6.47. The van der Waals surface area contributed by atoms with E-state index in [9.17, 15) is 4.79 Å². The summed E-state index contributed by atoms with van der Waals surface area (Å²) in [4.78, 5) is 11.1. The molecule has 0 saturated heterocycles. The Morgan fingerprint density at radius 2 is 1.78 bits per heavy atom. The number of rotatable bonds is 10. The molecular weight excluding hydrogens is 460 g/mol. The van der Waals surface area contributed by atoms with Crippen molar-refractivity contribution in [1.82, 2.24) is 0 Å². The van der Waals surface area contributed by atoms with Gasteiger partial charge in [-0.1, -0.05) is 24.3 Å². The van der Waals surface area contributed by atoms with Gasteiger partial charge < -0.3 is 28.8 Å². The molecule has 0 saturated carbocycles. The number of hydrogen-bond acceptors (Lipinski definition) is 6. The van der Waals surface area contributed by atoms with Crippen molar-refractivity contribution in [3.05, 3.63) is 76.9 Å². The molecule has 0 amide bonds. The van der Waals surface area contributed by atoms with Crippen LogP contribution in [0.1, 0.15) is 41.5 Å². The number of carboxylic acids is 1. The highest BCUT2D eigenvalue weighted by molar-refractivity contribution is 5.73. The quantitative estimate of drug-likeness (QED) is 0.385. The van der Waals surface area contributed by atoms with Crippen molar-refractivity contribution in [2.45, 2.75) is 39.1 Å². The summed E-state index contributed by atoms with van der Waals surface area (Å²) in [6.07, 6.45) is 0.0639. The predicted octanol–water partition coefficient (Wildman–Crippen LogP) is 5.33. The van der Waals surface area contributed by atoms with E-state index in [0.717, 1.165) is 39.1 Å². The summed E-state index contributed by atoms with van der Waals surface area (Å²) in [7, 11) is 0. The number of hydrogen-bond donors (Lipinski definition) is 1. The second-order valence-corrected chi connectivity index (χ2v) is 8.94. The summed E-state index contributed by atoms with van der Waals surface area (Å²) in [5.74, 6) is 1.26. The van der Waals surface area contributed by atoms with E-state index in [2.05, 4.69) is 24.3 Å². The Bertz CT molecular complexity index is 1240. The molecule has 188 valence electrons. The van der Waals surface area contributed by atoms with Gasteiger partial charge in [-0.05, 0) is 59.0 Å². The molecule has 0 bridgehead atoms. The minimum Gasteiger partial charge on any atom is -0.492 e. The van der Waals surface area contributed by atoms with Gasteiger partial charge in [0.2, 0.25) is 0 Å². The normalized spacial score (nSPS) is 15.8. The lowest BCUT2D eigenvalue weighted by Crippen LogP contribution is -2.07. The van der Waals surface area contributed by atoms with E-state index < -0.39 is 5.97 Å². The summed E-state index contributed by atoms with van der Waals surface area (Å²) in [6.45, 7) is 5.58. The zero-order valence-corrected chi connectivity index (χ0v) is 20.3. The third-order valence-electron chi connectivity index (χ3n) is 6.45. The third kappa shape index (κ3) is 5.48. The van der Waals surface area contributed by atoms with E-state index in [0.29, 0.717) is 57.7 Å². The second-order valence-electron chi connectivity index (χ2n) is 8.94. The molecule has 5 rings (SSSR count). The van der Waals surface area contributed by atoms with Crippen LogP contribution in [0.2, 0.25) is 0 Å². The fourth-order valence-electron chi connectivity index (χ4n) is 4.66. The molecule has 7 nitrogen and oxygen atoms in total. The first-order valence-electron chi connectivity index (χ1n) is 12.3. The van der Waals surface area contributed by atoms with E-state index in [1.165, 1.54) is 0 Å². The van der Waals surface area contributed by atoms with Gasteiger partial charge in [0.25, 0.3) is 0 Å². The Balaban J connectivity index is 1.29. The molecule has 2 aliphatic rings. The van der Waals surface area contributed by atoms with Gasteiger partial charge in [0.05, 0.1) is 32.8 Å². The molecule has 0 unspecified atom stereocenters. The Kier molecular flexibility index (Phi) is 7.39. The van der Waals surface area contributed by atoms with Crippen molar-refractivity contribution < 1.29 is 33.6 Å². The zero-order valence-electron chi connectivity index (χ0n) is 20.3. The maximum atomic E-state index is 11.1. The molecule has 36 heavy (non-hydrogen) atoms. The van der Waals surface area contributed by atoms with E-state index >= 15 is 0 Å². The Labute approximate surface area is 210 Å². The molecule has 1 atom stereocenters. The summed E-state index contributed by atoms with van der Waals surface area (Å²) in [6, 6.07) is 18.1. The number of carbonyl (C=O) groups is 1. The Hall–Kier alpha value is -3.55. The standard InChI is InChI=1S/C29H30O7/c1-2-32-9-10-34-23-5-7-25-21(12-23)17-33-16-20-4-3-19(11-27(20)25)15-35-24-6-8-26-22(13-29(30)31)18-36-28(26)14-24/h3-8,11-12,14,22H,2,9-10,13,15-18H2,1H3,(H,30,31)/t22-/m1/s1. The van der Waals surface area contributed by atoms with Gasteiger partial charge in [0.1, 0.15) is 30.5 Å². The lowest BCUT2D eigenvalue weighted by molar-refractivity contribution is -0.137. The van der Waals surface area contributed by atoms with Crippen LogP contribution in [0.25, 0.3) is 11.1 Å². The smallest absolute Gasteiger partial charge is 0.304 e. The highest BCUT2D eigenvalue weighted by Crippen LogP contribution is 2.39. The van der Waals surface area contributed by atoms with Gasteiger partial charge in [-0.2, -0.15) is 0 Å². The zero-order chi connectivity index (χ0) is 24.9. The predicted molar refractivity (Wildman–Crippen MR) is 134 cm³/mol. The summed E-state index contributed by atoms with van der Waals surface area (Å²) >= 11 is 0. The highest BCUT2D eigenvalue weighted by atomic mass is 16.5. The number of carboxylic acid groups (broad SMARTS) is 1. The molecular formula is C29H30O7. The van der Waals surface area contributed by atoms with Crippen molar-refractivity contribution >= 4 is 5.97 Å². The first kappa shape index (κ1) is 24.2. The van der Waals surface area contributed by atoms with Crippen LogP contribution in [0.4, 0.5) is 0 Å². The van der Waals surface area contributed by atoms with Crippen LogP contribution < -0.4 is 14.2 Å². The second kappa shape index (κ2) is 11.0. The average molecular weight is 491 g/mol. The number of fused-ring (bicyclic) bond motifs is 4. The maximum absolute atomic E-state index is 11.1. The molecule has 0 aliphatic carbocycles. The monoisotopic (exact) mass is 490 g/mol. The van der Waals surface area contributed by atoms with Gasteiger partial charge in [-0.3, -0.25) is 4.79 Å². The summed E-state index contributed by atoms with van der Waals surface area (Å²) in [5, 5.41) is 9.09. The molecule has 2 heterocycles. The highest BCUT2D eigenvalue weighted by Gasteiger charge is 2.26. The fourth-order valence-corrected chi connectivity index (χ4v) is 4.66. The van der Waals surface area contributed by atoms with Crippen LogP contribution in [0, 0.1) is 0 Å². The van der Waals surface area contributed by atoms with Crippen LogP contribution in [-0.4, -0.2) is 37.5 Å². The van der Waals surface area contributed by atoms with Crippen molar-refractivity contribution in [2.75, 3.05) is 26.4 Å². The van der Waals surface area contributed by atoms with Crippen molar-refractivity contribution in [2.24, 2.45) is 0 Å². The van der Waals surface area contributed by atoms with Crippen LogP contribution in [0.3, 0.4) is 0 Å². The topological polar surface area (TPSA) is 83.5 Å². The first-order valence-corrected chi connectivity index (χ1v) is 12.3. The van der Waals surface area contributed by atoms with E-state index in [1.807, 2.05) is 37.3 Å². The number of benzene rings is 3. The van der Waals surface area contributed by atoms with Crippen LogP contribution >= 0.6 is 0 Å². The van der Waals surface area contributed by atoms with Crippen molar-refractivity contribution in [1.29, 1.82) is 0 Å². The maximum Gasteiger partial charge on any atom is 0.304 e. The fraction of sp³-hybridized carbons (Fsp3) is 0.345. The van der Waals surface area contributed by atoms with Crippen molar-refractivity contribution in [3.63, 3.8) is 0 Å². The molecule has 0 aromatic heterocycles. The van der Waals surface area contributed by atoms with Crippen LogP contribution in [-0.2, 0) is 34.1 Å². The minimum absolute atomic E-state index is 0.0639. The molecule has 0 fully saturated rings. The molecule has 3 aromatic carbocycles. The lowest BCUT2D eigenvalue weighted by atomic mass is 9.95. The molecule has 3 aromatic rings. The largest absolute Gasteiger partial charge is 0.492 e. The van der Waals surface area contributed by atoms with Crippen LogP contribution in [0.5, 0.6) is 17.2 Å². The lowest BCUT2D eigenvalue weighted by Gasteiger charge is -2.14. The van der Waals surface area contributed by atoms with E-state index in [1.54, 1.807) is 0 Å². The van der Waals surface area contributed by atoms with E-state index in [4.69, 9.17) is 28.8 Å². The minimum atomic E-state index is -0.822. The molecule has 1 N–H and O–H groups in total. The van der Waals surface area contributed by atoms with E-state index in [-0.39, 0.29) is 12.3 Å². The van der Waals surface area contributed by atoms with Crippen molar-refractivity contribution in [3.8, 4) is 28.4 Å². The SMILES string of the molecule is CCOCCOc1ccc2c(c1)COCc1ccc(COc3ccc4c(c3)OC[C@H]4CC(=O)O)cc1-2. The number of aliphatic carboxylic acids is 1. The van der Waals surface area contributed by atoms with Gasteiger partial charge in [-0.15, -0.1) is 0 Å². The molecule has 7 heteroatoms. The molecule has 2 aliphatic heterocycles. The van der Waals surface area contributed by atoms with Gasteiger partial charge in [0, 0.05) is 24.2 Å². The third-order valence-corrected chi connectivity index (χ3v) is 6.45. The Morgan fingerprint density at radius 3 is 2.64 bits per heavy atom. The number of ether oxygens (including phenoxy) is 5. The van der Waals surface area contributed by atoms with Gasteiger partial charge in [-0.25, -0.2) is 0 Å². The van der Waals surface area contributed by atoms with Gasteiger partial charge >= 0.3 is 5.97 Å². The van der Waals surface area contributed by atoms with Gasteiger partial charge in [0.15, 0.2) is 0 Å². The average Bonchev–Trinajstić information content (AvgIpc) is 3.17. The van der Waals surface area contributed by atoms with Crippen LogP contribution in [0.15, 0.2) is 54.6 Å². The Morgan fingerprint density at radius 1 is 0.944 bits per heavy atom. The molecule has 0 spiro atoms. The summed E-state index contributed by atoms with van der Waals surface area (Å²) < 4.78 is 28.9. The first-order chi connectivity index (χ1) is 17.6.